The Kier molecular flexibility index (Phi) is 6.12. The second kappa shape index (κ2) is 8.08. The summed E-state index contributed by atoms with van der Waals surface area (Å²) in [7, 11) is 0. The van der Waals surface area contributed by atoms with Gasteiger partial charge in [0.25, 0.3) is 5.91 Å². The van der Waals surface area contributed by atoms with Crippen molar-refractivity contribution in [3.05, 3.63) is 41.4 Å². The molecule has 2 heterocycles. The summed E-state index contributed by atoms with van der Waals surface area (Å²) in [4.78, 5) is 30.4. The minimum absolute atomic E-state index is 0.179. The average Bonchev–Trinajstić information content (AvgIpc) is 2.84. The van der Waals surface area contributed by atoms with Crippen LogP contribution in [0.5, 0.6) is 0 Å². The molecule has 1 aliphatic rings. The van der Waals surface area contributed by atoms with Crippen LogP contribution in [0.1, 0.15) is 58.1 Å². The fourth-order valence-corrected chi connectivity index (χ4v) is 3.28. The average molecular weight is 330 g/mol. The maximum Gasteiger partial charge on any atom is 0.290 e. The molecule has 0 aromatic carbocycles. The zero-order valence-electron chi connectivity index (χ0n) is 14.7. The number of Topliss-reactive ketones (excluding diaryl/α,β-unsaturated/α-hetero) is 1. The molecule has 1 aliphatic heterocycles. The highest BCUT2D eigenvalue weighted by atomic mass is 16.3. The number of hydrogen-bond donors (Lipinski definition) is 1. The number of carbonyl (C=O) groups excluding carboxylic acids is 2. The number of rotatable bonds is 8. The number of nitrogens with zero attached hydrogens (tertiary/aromatic N) is 2. The predicted molar refractivity (Wildman–Crippen MR) is 92.3 cm³/mol. The van der Waals surface area contributed by atoms with Crippen LogP contribution in [-0.2, 0) is 9.59 Å². The van der Waals surface area contributed by atoms with Gasteiger partial charge in [-0.05, 0) is 30.9 Å². The minimum Gasteiger partial charge on any atom is -0.503 e. The molecule has 0 aliphatic carbocycles. The quantitative estimate of drug-likeness (QED) is 0.791. The van der Waals surface area contributed by atoms with E-state index in [0.29, 0.717) is 12.5 Å². The van der Waals surface area contributed by atoms with E-state index in [1.165, 1.54) is 6.92 Å². The van der Waals surface area contributed by atoms with Crippen LogP contribution in [0.25, 0.3) is 0 Å². The standard InChI is InChI=1S/C19H26N2O3/c1-4-6-8-14(5-2)12-21-17(15-9-7-10-20-11-15)16(13(3)22)18(23)19(21)24/h7,9-11,14,17,23H,4-6,8,12H2,1-3H3. The number of carbonyl (C=O) groups is 2. The highest BCUT2D eigenvalue weighted by Crippen LogP contribution is 2.38. The Balaban J connectivity index is 2.35. The lowest BCUT2D eigenvalue weighted by Gasteiger charge is -2.30. The molecule has 2 unspecified atom stereocenters. The normalized spacial score (nSPS) is 19.0. The molecule has 0 radical (unpaired) electrons. The largest absolute Gasteiger partial charge is 0.503 e. The first kappa shape index (κ1) is 18.2. The maximum atomic E-state index is 12.6. The van der Waals surface area contributed by atoms with Gasteiger partial charge in [0, 0.05) is 18.9 Å². The van der Waals surface area contributed by atoms with Crippen molar-refractivity contribution in [1.29, 1.82) is 0 Å². The van der Waals surface area contributed by atoms with Gasteiger partial charge in [0.05, 0.1) is 11.6 Å². The SMILES string of the molecule is CCCCC(CC)CN1C(=O)C(O)=C(C(C)=O)C1c1cccnc1. The first-order valence-electron chi connectivity index (χ1n) is 8.66. The summed E-state index contributed by atoms with van der Waals surface area (Å²) < 4.78 is 0. The Hall–Kier alpha value is -2.17. The Labute approximate surface area is 143 Å². The highest BCUT2D eigenvalue weighted by Gasteiger charge is 2.42. The molecular weight excluding hydrogens is 304 g/mol. The fourth-order valence-electron chi connectivity index (χ4n) is 3.28. The lowest BCUT2D eigenvalue weighted by molar-refractivity contribution is -0.130. The van der Waals surface area contributed by atoms with Crippen molar-refractivity contribution in [3.8, 4) is 0 Å². The van der Waals surface area contributed by atoms with Crippen molar-refractivity contribution in [2.24, 2.45) is 5.92 Å². The van der Waals surface area contributed by atoms with E-state index < -0.39 is 17.7 Å². The van der Waals surface area contributed by atoms with E-state index >= 15 is 0 Å². The lowest BCUT2D eigenvalue weighted by Crippen LogP contribution is -2.35. The molecule has 0 fully saturated rings. The summed E-state index contributed by atoms with van der Waals surface area (Å²) >= 11 is 0. The first-order valence-corrected chi connectivity index (χ1v) is 8.66. The van der Waals surface area contributed by atoms with Crippen LogP contribution >= 0.6 is 0 Å². The van der Waals surface area contributed by atoms with Crippen LogP contribution < -0.4 is 0 Å². The molecule has 0 saturated carbocycles. The van der Waals surface area contributed by atoms with E-state index in [4.69, 9.17) is 0 Å². The Bertz CT molecular complexity index is 625. The molecule has 5 nitrogen and oxygen atoms in total. The number of pyridine rings is 1. The molecule has 24 heavy (non-hydrogen) atoms. The van der Waals surface area contributed by atoms with Crippen molar-refractivity contribution in [1.82, 2.24) is 9.88 Å². The summed E-state index contributed by atoms with van der Waals surface area (Å²) in [6.07, 6.45) is 7.51. The van der Waals surface area contributed by atoms with E-state index in [1.54, 1.807) is 23.4 Å². The van der Waals surface area contributed by atoms with Crippen LogP contribution in [0.15, 0.2) is 35.9 Å². The van der Waals surface area contributed by atoms with Gasteiger partial charge >= 0.3 is 0 Å². The second-order valence-corrected chi connectivity index (χ2v) is 6.38. The molecule has 1 amide bonds. The van der Waals surface area contributed by atoms with Gasteiger partial charge in [-0.2, -0.15) is 0 Å². The molecule has 1 aromatic rings. The molecule has 1 aromatic heterocycles. The Morgan fingerprint density at radius 3 is 2.71 bits per heavy atom. The number of hydrogen-bond acceptors (Lipinski definition) is 4. The number of amides is 1. The van der Waals surface area contributed by atoms with Gasteiger partial charge in [-0.15, -0.1) is 0 Å². The van der Waals surface area contributed by atoms with Gasteiger partial charge in [0.1, 0.15) is 0 Å². The Morgan fingerprint density at radius 2 is 2.17 bits per heavy atom. The van der Waals surface area contributed by atoms with E-state index in [9.17, 15) is 14.7 Å². The lowest BCUT2D eigenvalue weighted by atomic mass is 9.95. The van der Waals surface area contributed by atoms with Crippen LogP contribution in [0.3, 0.4) is 0 Å². The minimum atomic E-state index is -0.542. The summed E-state index contributed by atoms with van der Waals surface area (Å²) in [6, 6.07) is 3.07. The number of aromatic nitrogens is 1. The van der Waals surface area contributed by atoms with Crippen molar-refractivity contribution < 1.29 is 14.7 Å². The van der Waals surface area contributed by atoms with E-state index in [2.05, 4.69) is 18.8 Å². The zero-order valence-corrected chi connectivity index (χ0v) is 14.7. The number of aliphatic hydroxyl groups excluding tert-OH is 1. The molecule has 0 saturated heterocycles. The molecule has 0 bridgehead atoms. The zero-order chi connectivity index (χ0) is 17.7. The molecule has 0 spiro atoms. The topological polar surface area (TPSA) is 70.5 Å². The summed E-state index contributed by atoms with van der Waals surface area (Å²) in [5.41, 5.74) is 0.934. The van der Waals surface area contributed by atoms with Gasteiger partial charge in [0.15, 0.2) is 11.5 Å². The highest BCUT2D eigenvalue weighted by molar-refractivity contribution is 6.08. The van der Waals surface area contributed by atoms with Gasteiger partial charge in [0.2, 0.25) is 0 Å². The maximum absolute atomic E-state index is 12.6. The third kappa shape index (κ3) is 3.66. The van der Waals surface area contributed by atoms with Crippen molar-refractivity contribution in [2.45, 2.75) is 52.5 Å². The van der Waals surface area contributed by atoms with Crippen LogP contribution in [-0.4, -0.2) is 33.2 Å². The fraction of sp³-hybridized carbons (Fsp3) is 0.526. The van der Waals surface area contributed by atoms with E-state index in [1.807, 2.05) is 6.07 Å². The van der Waals surface area contributed by atoms with Gasteiger partial charge in [-0.3, -0.25) is 14.6 Å². The third-order valence-electron chi connectivity index (χ3n) is 4.68. The van der Waals surface area contributed by atoms with Crippen LogP contribution in [0.4, 0.5) is 0 Å². The van der Waals surface area contributed by atoms with Gasteiger partial charge in [-0.1, -0.05) is 39.2 Å². The molecule has 1 N–H and O–H groups in total. The third-order valence-corrected chi connectivity index (χ3v) is 4.68. The van der Waals surface area contributed by atoms with Crippen molar-refractivity contribution >= 4 is 11.7 Å². The van der Waals surface area contributed by atoms with Gasteiger partial charge in [-0.25, -0.2) is 0 Å². The molecule has 2 atom stereocenters. The van der Waals surface area contributed by atoms with Crippen molar-refractivity contribution in [3.63, 3.8) is 0 Å². The van der Waals surface area contributed by atoms with Crippen LogP contribution in [0.2, 0.25) is 0 Å². The number of unbranched alkanes of at least 4 members (excludes halogenated alkanes) is 1. The molecular formula is C19H26N2O3. The monoisotopic (exact) mass is 330 g/mol. The Morgan fingerprint density at radius 1 is 1.42 bits per heavy atom. The van der Waals surface area contributed by atoms with E-state index in [-0.39, 0.29) is 11.4 Å². The summed E-state index contributed by atoms with van der Waals surface area (Å²) in [6.45, 7) is 6.18. The van der Waals surface area contributed by atoms with Crippen LogP contribution in [0, 0.1) is 5.92 Å². The predicted octanol–water partition coefficient (Wildman–Crippen LogP) is 3.58. The van der Waals surface area contributed by atoms with E-state index in [0.717, 1.165) is 31.2 Å². The van der Waals surface area contributed by atoms with Crippen molar-refractivity contribution in [2.75, 3.05) is 6.54 Å². The molecule has 2 rings (SSSR count). The number of ketones is 1. The smallest absolute Gasteiger partial charge is 0.290 e. The summed E-state index contributed by atoms with van der Waals surface area (Å²) in [5, 5.41) is 10.2. The molecule has 130 valence electrons. The molecule has 5 heteroatoms. The second-order valence-electron chi connectivity index (χ2n) is 6.38. The van der Waals surface area contributed by atoms with Gasteiger partial charge < -0.3 is 10.0 Å². The number of aliphatic hydroxyl groups is 1. The summed E-state index contributed by atoms with van der Waals surface area (Å²) in [5.74, 6) is -0.795. The first-order chi connectivity index (χ1) is 11.5.